The monoisotopic (exact) mass is 252 g/mol. The Morgan fingerprint density at radius 2 is 2.39 bits per heavy atom. The zero-order valence-electron chi connectivity index (χ0n) is 11.3. The number of nitrogens with one attached hydrogen (secondary N) is 3. The van der Waals surface area contributed by atoms with Crippen molar-refractivity contribution < 1.29 is 4.74 Å². The van der Waals surface area contributed by atoms with Gasteiger partial charge in [-0.2, -0.15) is 5.10 Å². The van der Waals surface area contributed by atoms with Crippen LogP contribution in [0, 0.1) is 0 Å². The second-order valence-corrected chi connectivity index (χ2v) is 5.07. The van der Waals surface area contributed by atoms with E-state index >= 15 is 0 Å². The van der Waals surface area contributed by atoms with Crippen LogP contribution < -0.4 is 10.6 Å². The normalized spacial score (nSPS) is 17.0. The molecule has 0 amide bonds. The van der Waals surface area contributed by atoms with E-state index in [0.29, 0.717) is 6.04 Å². The van der Waals surface area contributed by atoms with Gasteiger partial charge in [0.05, 0.1) is 12.3 Å². The van der Waals surface area contributed by atoms with E-state index in [1.54, 1.807) is 7.11 Å². The van der Waals surface area contributed by atoms with E-state index in [0.717, 1.165) is 32.2 Å². The van der Waals surface area contributed by atoms with Crippen LogP contribution in [0.2, 0.25) is 0 Å². The summed E-state index contributed by atoms with van der Waals surface area (Å²) < 4.78 is 4.99. The second kappa shape index (κ2) is 6.87. The highest BCUT2D eigenvalue weighted by Gasteiger charge is 2.25. The largest absolute Gasteiger partial charge is 0.383 e. The van der Waals surface area contributed by atoms with Crippen molar-refractivity contribution in [1.29, 1.82) is 0 Å². The molecule has 0 saturated heterocycles. The Hall–Kier alpha value is -0.910. The van der Waals surface area contributed by atoms with Gasteiger partial charge in [-0.1, -0.05) is 0 Å². The molecule has 0 bridgehead atoms. The van der Waals surface area contributed by atoms with Crippen molar-refractivity contribution in [3.05, 3.63) is 17.5 Å². The summed E-state index contributed by atoms with van der Waals surface area (Å²) >= 11 is 0. The minimum Gasteiger partial charge on any atom is -0.383 e. The molecule has 1 fully saturated rings. The number of ether oxygens (including phenoxy) is 1. The van der Waals surface area contributed by atoms with Crippen molar-refractivity contribution in [2.75, 3.05) is 26.8 Å². The van der Waals surface area contributed by atoms with Crippen LogP contribution in [-0.4, -0.2) is 43.0 Å². The molecule has 1 aliphatic rings. The molecule has 0 aromatic carbocycles. The van der Waals surface area contributed by atoms with Crippen molar-refractivity contribution in [3.8, 4) is 0 Å². The lowest BCUT2D eigenvalue weighted by atomic mass is 10.2. The molecular weight excluding hydrogens is 228 g/mol. The van der Waals surface area contributed by atoms with Gasteiger partial charge in [0.25, 0.3) is 0 Å². The maximum atomic E-state index is 4.99. The van der Waals surface area contributed by atoms with Gasteiger partial charge >= 0.3 is 0 Å². The minimum absolute atomic E-state index is 0.439. The summed E-state index contributed by atoms with van der Waals surface area (Å²) in [6, 6.07) is 2.63. The van der Waals surface area contributed by atoms with E-state index in [1.807, 2.05) is 0 Å². The fourth-order valence-electron chi connectivity index (χ4n) is 1.91. The highest BCUT2D eigenvalue weighted by atomic mass is 16.5. The van der Waals surface area contributed by atoms with Gasteiger partial charge in [-0.15, -0.1) is 0 Å². The summed E-state index contributed by atoms with van der Waals surface area (Å²) in [5, 5.41) is 14.3. The SMILES string of the molecule is COCCNCC(C)NCc1cc(C2CC2)n[nH]1. The van der Waals surface area contributed by atoms with Crippen LogP contribution in [0.25, 0.3) is 0 Å². The zero-order chi connectivity index (χ0) is 12.8. The van der Waals surface area contributed by atoms with Crippen LogP contribution >= 0.6 is 0 Å². The molecule has 1 saturated carbocycles. The molecule has 1 unspecified atom stereocenters. The topological polar surface area (TPSA) is 62.0 Å². The molecular formula is C13H24N4O. The predicted molar refractivity (Wildman–Crippen MR) is 71.6 cm³/mol. The lowest BCUT2D eigenvalue weighted by Crippen LogP contribution is -2.37. The molecule has 1 atom stereocenters. The Morgan fingerprint density at radius 1 is 1.56 bits per heavy atom. The summed E-state index contributed by atoms with van der Waals surface area (Å²) in [5.41, 5.74) is 2.42. The molecule has 2 rings (SSSR count). The van der Waals surface area contributed by atoms with E-state index in [2.05, 4.69) is 33.8 Å². The molecule has 102 valence electrons. The number of hydrogen-bond donors (Lipinski definition) is 3. The lowest BCUT2D eigenvalue weighted by Gasteiger charge is -2.13. The number of nitrogens with zero attached hydrogens (tertiary/aromatic N) is 1. The van der Waals surface area contributed by atoms with Gasteiger partial charge in [0.2, 0.25) is 0 Å². The fourth-order valence-corrected chi connectivity index (χ4v) is 1.91. The summed E-state index contributed by atoms with van der Waals surface area (Å²) in [4.78, 5) is 0. The Morgan fingerprint density at radius 3 is 3.11 bits per heavy atom. The van der Waals surface area contributed by atoms with Gasteiger partial charge in [-0.05, 0) is 25.8 Å². The van der Waals surface area contributed by atoms with Crippen LogP contribution in [0.3, 0.4) is 0 Å². The van der Waals surface area contributed by atoms with Crippen LogP contribution in [-0.2, 0) is 11.3 Å². The number of H-pyrrole nitrogens is 1. The third kappa shape index (κ3) is 4.40. The molecule has 1 heterocycles. The van der Waals surface area contributed by atoms with E-state index in [9.17, 15) is 0 Å². The molecule has 0 aliphatic heterocycles. The van der Waals surface area contributed by atoms with Gasteiger partial charge in [0, 0.05) is 44.4 Å². The van der Waals surface area contributed by atoms with E-state index in [-0.39, 0.29) is 0 Å². The number of rotatable bonds is 9. The van der Waals surface area contributed by atoms with Crippen molar-refractivity contribution in [1.82, 2.24) is 20.8 Å². The zero-order valence-corrected chi connectivity index (χ0v) is 11.3. The lowest BCUT2D eigenvalue weighted by molar-refractivity contribution is 0.198. The van der Waals surface area contributed by atoms with Gasteiger partial charge in [-0.25, -0.2) is 0 Å². The molecule has 1 aromatic rings. The third-order valence-corrected chi connectivity index (χ3v) is 3.22. The van der Waals surface area contributed by atoms with Crippen molar-refractivity contribution in [2.24, 2.45) is 0 Å². The molecule has 1 aromatic heterocycles. The Bertz CT molecular complexity index is 349. The van der Waals surface area contributed by atoms with Gasteiger partial charge < -0.3 is 15.4 Å². The first-order valence-corrected chi connectivity index (χ1v) is 6.77. The standard InChI is InChI=1S/C13H24N4O/c1-10(8-14-5-6-18-2)15-9-12-7-13(17-16-12)11-3-4-11/h7,10-11,14-15H,3-6,8-9H2,1-2H3,(H,16,17). The van der Waals surface area contributed by atoms with Crippen molar-refractivity contribution in [3.63, 3.8) is 0 Å². The van der Waals surface area contributed by atoms with Gasteiger partial charge in [0.15, 0.2) is 0 Å². The highest BCUT2D eigenvalue weighted by molar-refractivity contribution is 5.17. The van der Waals surface area contributed by atoms with Gasteiger partial charge in [-0.3, -0.25) is 5.10 Å². The summed E-state index contributed by atoms with van der Waals surface area (Å²) in [6.07, 6.45) is 2.61. The van der Waals surface area contributed by atoms with E-state index < -0.39 is 0 Å². The maximum Gasteiger partial charge on any atom is 0.0656 e. The Labute approximate surface area is 109 Å². The summed E-state index contributed by atoms with van der Waals surface area (Å²) in [6.45, 7) is 5.65. The number of aromatic amines is 1. The molecule has 18 heavy (non-hydrogen) atoms. The van der Waals surface area contributed by atoms with Crippen LogP contribution in [0.5, 0.6) is 0 Å². The summed E-state index contributed by atoms with van der Waals surface area (Å²) in [7, 11) is 1.72. The molecule has 3 N–H and O–H groups in total. The molecule has 5 heteroatoms. The van der Waals surface area contributed by atoms with Crippen molar-refractivity contribution in [2.45, 2.75) is 38.3 Å². The number of methoxy groups -OCH3 is 1. The summed E-state index contributed by atoms with van der Waals surface area (Å²) in [5.74, 6) is 0.725. The minimum atomic E-state index is 0.439. The molecule has 0 spiro atoms. The number of hydrogen-bond acceptors (Lipinski definition) is 4. The smallest absolute Gasteiger partial charge is 0.0656 e. The fraction of sp³-hybridized carbons (Fsp3) is 0.769. The first kappa shape index (κ1) is 13.5. The average Bonchev–Trinajstić information content (AvgIpc) is 3.12. The van der Waals surface area contributed by atoms with Crippen LogP contribution in [0.1, 0.15) is 37.1 Å². The van der Waals surface area contributed by atoms with Crippen molar-refractivity contribution >= 4 is 0 Å². The highest BCUT2D eigenvalue weighted by Crippen LogP contribution is 2.38. The first-order valence-electron chi connectivity index (χ1n) is 6.77. The van der Waals surface area contributed by atoms with Crippen LogP contribution in [0.15, 0.2) is 6.07 Å². The molecule has 5 nitrogen and oxygen atoms in total. The maximum absolute atomic E-state index is 4.99. The van der Waals surface area contributed by atoms with E-state index in [1.165, 1.54) is 24.2 Å². The van der Waals surface area contributed by atoms with Crippen LogP contribution in [0.4, 0.5) is 0 Å². The Balaban J connectivity index is 1.60. The Kier molecular flexibility index (Phi) is 5.16. The molecule has 0 radical (unpaired) electrons. The second-order valence-electron chi connectivity index (χ2n) is 5.07. The predicted octanol–water partition coefficient (Wildman–Crippen LogP) is 1.00. The molecule has 1 aliphatic carbocycles. The number of aromatic nitrogens is 2. The van der Waals surface area contributed by atoms with E-state index in [4.69, 9.17) is 4.74 Å². The average molecular weight is 252 g/mol. The first-order chi connectivity index (χ1) is 8.79. The van der Waals surface area contributed by atoms with Gasteiger partial charge in [0.1, 0.15) is 0 Å². The third-order valence-electron chi connectivity index (χ3n) is 3.22. The quantitative estimate of drug-likeness (QED) is 0.574.